The Morgan fingerprint density at radius 3 is 2.48 bits per heavy atom. The molecule has 1 aromatic heterocycles. The van der Waals surface area contributed by atoms with Crippen LogP contribution in [0.4, 0.5) is 0 Å². The first-order chi connectivity index (χ1) is 19.1. The van der Waals surface area contributed by atoms with Gasteiger partial charge >= 0.3 is 5.97 Å². The maximum atomic E-state index is 12.7. The summed E-state index contributed by atoms with van der Waals surface area (Å²) in [7, 11) is 0. The molecule has 4 N–H and O–H groups in total. The fourth-order valence-electron chi connectivity index (χ4n) is 5.67. The molecule has 1 aromatic carbocycles. The normalized spacial score (nSPS) is 22.2. The number of esters is 1. The van der Waals surface area contributed by atoms with Crippen LogP contribution in [0, 0.1) is 17.3 Å². The molecule has 1 aliphatic rings. The summed E-state index contributed by atoms with van der Waals surface area (Å²) < 4.78 is 5.58. The summed E-state index contributed by atoms with van der Waals surface area (Å²) in [6.45, 7) is 1.90. The molecule has 1 aliphatic carbocycles. The van der Waals surface area contributed by atoms with Crippen LogP contribution in [0.15, 0.2) is 30.3 Å². The monoisotopic (exact) mass is 631 g/mol. The molecule has 40 heavy (non-hydrogen) atoms. The van der Waals surface area contributed by atoms with Gasteiger partial charge in [-0.05, 0) is 106 Å². The number of benzene rings is 1. The summed E-state index contributed by atoms with van der Waals surface area (Å²) in [5, 5.41) is 21.8. The van der Waals surface area contributed by atoms with Gasteiger partial charge in [-0.3, -0.25) is 4.79 Å². The third-order valence-electron chi connectivity index (χ3n) is 8.21. The molecular formula is C30H40Cl3NO5S. The zero-order chi connectivity index (χ0) is 29.3. The van der Waals surface area contributed by atoms with Crippen molar-refractivity contribution in [2.75, 3.05) is 13.2 Å². The molecule has 0 spiro atoms. The van der Waals surface area contributed by atoms with Gasteiger partial charge in [0.1, 0.15) is 4.88 Å². The molecule has 10 heteroatoms. The third kappa shape index (κ3) is 9.60. The van der Waals surface area contributed by atoms with E-state index in [2.05, 4.69) is 0 Å². The number of aliphatic hydroxyl groups is 2. The van der Waals surface area contributed by atoms with Crippen LogP contribution in [0.3, 0.4) is 0 Å². The Labute approximate surface area is 256 Å². The van der Waals surface area contributed by atoms with Crippen molar-refractivity contribution in [1.82, 2.24) is 0 Å². The van der Waals surface area contributed by atoms with Crippen LogP contribution in [0.1, 0.15) is 78.4 Å². The molecule has 1 fully saturated rings. The second kappa shape index (κ2) is 15.8. The van der Waals surface area contributed by atoms with Crippen molar-refractivity contribution in [1.29, 1.82) is 0 Å². The van der Waals surface area contributed by atoms with Crippen LogP contribution >= 0.6 is 46.1 Å². The quantitative estimate of drug-likeness (QED) is 0.139. The van der Waals surface area contributed by atoms with Gasteiger partial charge in [-0.1, -0.05) is 30.1 Å². The first-order valence-corrected chi connectivity index (χ1v) is 16.0. The second-order valence-corrected chi connectivity index (χ2v) is 13.6. The van der Waals surface area contributed by atoms with E-state index < -0.39 is 17.5 Å². The number of hydrogen-bond acceptors (Lipinski definition) is 6. The van der Waals surface area contributed by atoms with E-state index in [9.17, 15) is 19.8 Å². The Morgan fingerprint density at radius 2 is 1.82 bits per heavy atom. The molecule has 0 radical (unpaired) electrons. The molecular weight excluding hydrogens is 593 g/mol. The van der Waals surface area contributed by atoms with Gasteiger partial charge in [0.25, 0.3) is 0 Å². The minimum Gasteiger partial charge on any atom is -0.461 e. The van der Waals surface area contributed by atoms with Crippen molar-refractivity contribution in [2.24, 2.45) is 23.0 Å². The smallest absolute Gasteiger partial charge is 0.348 e. The molecule has 0 aliphatic heterocycles. The molecule has 222 valence electrons. The number of alkyl halides is 1. The second-order valence-electron chi connectivity index (χ2n) is 11.0. The number of amides is 1. The van der Waals surface area contributed by atoms with Gasteiger partial charge in [0.15, 0.2) is 0 Å². The molecule has 1 amide bonds. The lowest BCUT2D eigenvalue weighted by molar-refractivity contribution is -0.118. The molecule has 0 saturated heterocycles. The van der Waals surface area contributed by atoms with Crippen LogP contribution in [0.2, 0.25) is 10.0 Å². The van der Waals surface area contributed by atoms with Crippen molar-refractivity contribution in [3.8, 4) is 0 Å². The average molecular weight is 633 g/mol. The average Bonchev–Trinajstić information content (AvgIpc) is 3.48. The zero-order valence-electron chi connectivity index (χ0n) is 22.9. The summed E-state index contributed by atoms with van der Waals surface area (Å²) in [5.74, 6) is -0.457. The Hall–Kier alpha value is -1.35. The van der Waals surface area contributed by atoms with Crippen molar-refractivity contribution in [3.63, 3.8) is 0 Å². The number of carbonyl (C=O) groups is 2. The number of aliphatic hydroxyl groups excluding tert-OH is 2. The number of aryl methyl sites for hydroxylation is 2. The van der Waals surface area contributed by atoms with Gasteiger partial charge in [-0.15, -0.1) is 22.9 Å². The van der Waals surface area contributed by atoms with Crippen LogP contribution in [-0.4, -0.2) is 46.8 Å². The fourth-order valence-corrected chi connectivity index (χ4v) is 7.68. The number of rotatable bonds is 16. The number of ether oxygens (including phenoxy) is 1. The highest BCUT2D eigenvalue weighted by atomic mass is 35.5. The number of thiophene rings is 1. The lowest BCUT2D eigenvalue weighted by atomic mass is 9.81. The Morgan fingerprint density at radius 1 is 1.10 bits per heavy atom. The molecule has 6 nitrogen and oxygen atoms in total. The molecule has 3 rings (SSSR count). The van der Waals surface area contributed by atoms with Crippen molar-refractivity contribution in [3.05, 3.63) is 55.7 Å². The van der Waals surface area contributed by atoms with E-state index in [0.29, 0.717) is 40.6 Å². The van der Waals surface area contributed by atoms with E-state index >= 15 is 0 Å². The molecule has 1 heterocycles. The van der Waals surface area contributed by atoms with Gasteiger partial charge in [0, 0.05) is 32.1 Å². The number of carbonyl (C=O) groups excluding carboxylic acids is 2. The molecule has 0 bridgehead atoms. The first-order valence-electron chi connectivity index (χ1n) is 14.0. The lowest BCUT2D eigenvalue weighted by Crippen LogP contribution is -2.32. The van der Waals surface area contributed by atoms with E-state index in [1.165, 1.54) is 11.3 Å². The predicted molar refractivity (Wildman–Crippen MR) is 162 cm³/mol. The first kappa shape index (κ1) is 33.2. The minimum absolute atomic E-state index is 0.0647. The van der Waals surface area contributed by atoms with Crippen LogP contribution in [0.25, 0.3) is 0 Å². The maximum Gasteiger partial charge on any atom is 0.348 e. The van der Waals surface area contributed by atoms with Gasteiger partial charge in [-0.2, -0.15) is 0 Å². The van der Waals surface area contributed by atoms with Gasteiger partial charge in [-0.25, -0.2) is 4.79 Å². The lowest BCUT2D eigenvalue weighted by Gasteiger charge is -2.29. The number of halogens is 3. The topological polar surface area (TPSA) is 110 Å². The van der Waals surface area contributed by atoms with E-state index in [0.717, 1.165) is 42.5 Å². The zero-order valence-corrected chi connectivity index (χ0v) is 26.0. The predicted octanol–water partition coefficient (Wildman–Crippen LogP) is 6.82. The summed E-state index contributed by atoms with van der Waals surface area (Å²) >= 11 is 20.4. The highest BCUT2D eigenvalue weighted by Gasteiger charge is 2.40. The van der Waals surface area contributed by atoms with Crippen LogP contribution in [0.5, 0.6) is 0 Å². The Balaban J connectivity index is 1.49. The Kier molecular flexibility index (Phi) is 13.1. The third-order valence-corrected chi connectivity index (χ3v) is 10.3. The van der Waals surface area contributed by atoms with Crippen LogP contribution in [-0.2, 0) is 22.4 Å². The van der Waals surface area contributed by atoms with Crippen molar-refractivity contribution >= 4 is 58.0 Å². The van der Waals surface area contributed by atoms with E-state index in [1.54, 1.807) is 12.1 Å². The van der Waals surface area contributed by atoms with Crippen molar-refractivity contribution < 1.29 is 24.5 Å². The van der Waals surface area contributed by atoms with Gasteiger partial charge in [0.2, 0.25) is 5.91 Å². The summed E-state index contributed by atoms with van der Waals surface area (Å²) in [5.41, 5.74) is 5.71. The van der Waals surface area contributed by atoms with E-state index in [4.69, 9.17) is 45.3 Å². The Bertz CT molecular complexity index is 1100. The standard InChI is InChI=1S/C30H40Cl3NO5S/c1-2-30(17-35,12-4-7-28(34)37)18-39-29(38)27-11-9-22(40-27)5-3-6-23-24(26(36)16-25(23)33)10-8-19-13-20(31)15-21(32)14-19/h9,11,13-15,23-26,35-36H,2-8,10,12,16-18H2,1H3,(H2,34,37)/t23-,24-,25-,26-,30?/m1/s1. The summed E-state index contributed by atoms with van der Waals surface area (Å²) in [6, 6.07) is 9.28. The molecule has 1 unspecified atom stereocenters. The number of primary amides is 1. The minimum atomic E-state index is -0.579. The van der Waals surface area contributed by atoms with Crippen LogP contribution < -0.4 is 5.73 Å². The van der Waals surface area contributed by atoms with E-state index in [1.807, 2.05) is 25.1 Å². The molecule has 2 aromatic rings. The highest BCUT2D eigenvalue weighted by Crippen LogP contribution is 2.42. The van der Waals surface area contributed by atoms with Gasteiger partial charge in [0.05, 0.1) is 19.3 Å². The molecule has 1 saturated carbocycles. The largest absolute Gasteiger partial charge is 0.461 e. The van der Waals surface area contributed by atoms with Crippen molar-refractivity contribution in [2.45, 2.75) is 82.6 Å². The van der Waals surface area contributed by atoms with Gasteiger partial charge < -0.3 is 20.7 Å². The number of nitrogens with two attached hydrogens (primary N) is 1. The van der Waals surface area contributed by atoms with E-state index in [-0.39, 0.29) is 42.8 Å². The summed E-state index contributed by atoms with van der Waals surface area (Å²) in [4.78, 5) is 25.4. The molecule has 5 atom stereocenters. The maximum absolute atomic E-state index is 12.7. The summed E-state index contributed by atoms with van der Waals surface area (Å²) in [6.07, 6.45) is 6.33. The fraction of sp³-hybridized carbons (Fsp3) is 0.600. The number of hydrogen-bond donors (Lipinski definition) is 3. The highest BCUT2D eigenvalue weighted by molar-refractivity contribution is 7.13. The SMILES string of the molecule is CCC(CO)(CCCC(N)=O)COC(=O)c1ccc(CCC[C@@H]2[C@@H](CCc3cc(Cl)cc(Cl)c3)[C@H](O)C[C@H]2Cl)s1.